The third-order valence-corrected chi connectivity index (χ3v) is 3.96. The lowest BCUT2D eigenvalue weighted by Crippen LogP contribution is -2.11. The minimum Gasteiger partial charge on any atom is -0.504 e. The van der Waals surface area contributed by atoms with Gasteiger partial charge in [0.05, 0.1) is 16.7 Å². The van der Waals surface area contributed by atoms with Crippen molar-refractivity contribution in [2.45, 2.75) is 0 Å². The van der Waals surface area contributed by atoms with Crippen LogP contribution in [0.3, 0.4) is 0 Å². The predicted octanol–water partition coefficient (Wildman–Crippen LogP) is 4.46. The highest BCUT2D eigenvalue weighted by Gasteiger charge is 2.23. The molecule has 0 aliphatic carbocycles. The van der Waals surface area contributed by atoms with E-state index in [1.807, 2.05) is 0 Å². The highest BCUT2D eigenvalue weighted by Crippen LogP contribution is 2.44. The third kappa shape index (κ3) is 4.27. The van der Waals surface area contributed by atoms with Crippen molar-refractivity contribution >= 4 is 18.0 Å². The van der Waals surface area contributed by atoms with Crippen molar-refractivity contribution < 1.29 is 38.1 Å². The fourth-order valence-corrected chi connectivity index (χ4v) is 2.55. The lowest BCUT2D eigenvalue weighted by Gasteiger charge is -2.14. The van der Waals surface area contributed by atoms with Crippen LogP contribution in [0, 0.1) is 11.6 Å². The quantitative estimate of drug-likeness (QED) is 0.365. The second kappa shape index (κ2) is 8.44. The lowest BCUT2D eigenvalue weighted by atomic mass is 10.1. The first-order valence-corrected chi connectivity index (χ1v) is 8.47. The zero-order valence-corrected chi connectivity index (χ0v) is 15.3. The summed E-state index contributed by atoms with van der Waals surface area (Å²) in [5.41, 5.74) is -0.511. The summed E-state index contributed by atoms with van der Waals surface area (Å²) in [6.45, 7) is 3.47. The summed E-state index contributed by atoms with van der Waals surface area (Å²) in [6.07, 6.45) is 1.06. The first-order valence-electron chi connectivity index (χ1n) is 8.47. The van der Waals surface area contributed by atoms with Gasteiger partial charge in [-0.25, -0.2) is 18.4 Å². The second-order valence-corrected chi connectivity index (χ2v) is 5.99. The molecule has 2 N–H and O–H groups in total. The highest BCUT2D eigenvalue weighted by atomic mass is 19.1. The molecule has 6 nitrogen and oxygen atoms in total. The Labute approximate surface area is 169 Å². The molecule has 152 valence electrons. The largest absolute Gasteiger partial charge is 0.504 e. The zero-order chi connectivity index (χ0) is 21.8. The number of rotatable bonds is 5. The van der Waals surface area contributed by atoms with Gasteiger partial charge in [-0.05, 0) is 36.4 Å². The molecule has 30 heavy (non-hydrogen) atoms. The number of phenols is 2. The normalized spacial score (nSPS) is 10.3. The molecule has 8 heteroatoms. The SMILES string of the molecule is C=Cc1c(O)c(OC(=O)c2cccc(F)c2)cc(O)c1OC(=O)c1cccc(F)c1. The van der Waals surface area contributed by atoms with Crippen LogP contribution >= 0.6 is 0 Å². The lowest BCUT2D eigenvalue weighted by molar-refractivity contribution is 0.0711. The Bertz CT molecular complexity index is 1160. The molecule has 0 saturated carbocycles. The van der Waals surface area contributed by atoms with E-state index in [1.165, 1.54) is 24.3 Å². The van der Waals surface area contributed by atoms with Gasteiger partial charge in [0.25, 0.3) is 0 Å². The molecule has 3 aromatic carbocycles. The van der Waals surface area contributed by atoms with Crippen LogP contribution in [-0.2, 0) is 0 Å². The molecule has 0 fully saturated rings. The molecule has 0 amide bonds. The monoisotopic (exact) mass is 412 g/mol. The van der Waals surface area contributed by atoms with Gasteiger partial charge in [0.1, 0.15) is 11.6 Å². The number of ether oxygens (including phenoxy) is 2. The Kier molecular flexibility index (Phi) is 5.78. The first-order chi connectivity index (χ1) is 14.3. The number of carbonyl (C=O) groups is 2. The van der Waals surface area contributed by atoms with E-state index in [0.717, 1.165) is 36.4 Å². The van der Waals surface area contributed by atoms with Gasteiger partial charge in [0.2, 0.25) is 0 Å². The van der Waals surface area contributed by atoms with Crippen molar-refractivity contribution in [2.24, 2.45) is 0 Å². The summed E-state index contributed by atoms with van der Waals surface area (Å²) in [6, 6.07) is 10.2. The van der Waals surface area contributed by atoms with E-state index < -0.39 is 46.6 Å². The van der Waals surface area contributed by atoms with Gasteiger partial charge in [0.15, 0.2) is 23.0 Å². The van der Waals surface area contributed by atoms with E-state index in [0.29, 0.717) is 0 Å². The van der Waals surface area contributed by atoms with E-state index >= 15 is 0 Å². The molecule has 0 aromatic heterocycles. The van der Waals surface area contributed by atoms with E-state index in [4.69, 9.17) is 9.47 Å². The molecule has 0 spiro atoms. The van der Waals surface area contributed by atoms with Crippen LogP contribution in [0.1, 0.15) is 26.3 Å². The number of halogens is 2. The third-order valence-electron chi connectivity index (χ3n) is 3.96. The van der Waals surface area contributed by atoms with Crippen LogP contribution in [0.2, 0.25) is 0 Å². The minimum atomic E-state index is -1.00. The Morgan fingerprint density at radius 1 is 0.867 bits per heavy atom. The second-order valence-electron chi connectivity index (χ2n) is 5.99. The summed E-state index contributed by atoms with van der Waals surface area (Å²) < 4.78 is 36.7. The van der Waals surface area contributed by atoms with Crippen LogP contribution in [0.4, 0.5) is 8.78 Å². The standard InChI is InChI=1S/C22H14F2O6/c1-2-16-19(26)18(29-21(27)12-5-3-7-14(23)9-12)11-17(25)20(16)30-22(28)13-6-4-8-15(24)10-13/h2-11,25-26H,1H2. The van der Waals surface area contributed by atoms with Gasteiger partial charge in [-0.3, -0.25) is 0 Å². The summed E-state index contributed by atoms with van der Waals surface area (Å²) in [5, 5.41) is 20.6. The summed E-state index contributed by atoms with van der Waals surface area (Å²) in [4.78, 5) is 24.4. The maximum absolute atomic E-state index is 13.3. The summed E-state index contributed by atoms with van der Waals surface area (Å²) >= 11 is 0. The first kappa shape index (κ1) is 20.5. The van der Waals surface area contributed by atoms with Gasteiger partial charge in [-0.15, -0.1) is 0 Å². The van der Waals surface area contributed by atoms with Gasteiger partial charge in [-0.1, -0.05) is 24.8 Å². The number of hydrogen-bond donors (Lipinski definition) is 2. The molecule has 0 aliphatic heterocycles. The zero-order valence-electron chi connectivity index (χ0n) is 15.3. The number of phenolic OH excluding ortho intramolecular Hbond substituents is 2. The smallest absolute Gasteiger partial charge is 0.343 e. The molecule has 3 rings (SSSR count). The molecule has 0 bridgehead atoms. The molecular weight excluding hydrogens is 398 g/mol. The number of hydrogen-bond acceptors (Lipinski definition) is 6. The van der Waals surface area contributed by atoms with Crippen LogP contribution in [0.25, 0.3) is 6.08 Å². The predicted molar refractivity (Wildman–Crippen MR) is 103 cm³/mol. The number of esters is 2. The van der Waals surface area contributed by atoms with Gasteiger partial charge in [0, 0.05) is 6.07 Å². The number of aromatic hydroxyl groups is 2. The average Bonchev–Trinajstić information content (AvgIpc) is 2.71. The van der Waals surface area contributed by atoms with Gasteiger partial charge in [-0.2, -0.15) is 0 Å². The molecule has 0 heterocycles. The molecule has 0 aliphatic rings. The van der Waals surface area contributed by atoms with E-state index in [1.54, 1.807) is 0 Å². The molecule has 0 unspecified atom stereocenters. The van der Waals surface area contributed by atoms with Crippen molar-refractivity contribution in [1.29, 1.82) is 0 Å². The Morgan fingerprint density at radius 2 is 1.40 bits per heavy atom. The maximum atomic E-state index is 13.3. The average molecular weight is 412 g/mol. The fourth-order valence-electron chi connectivity index (χ4n) is 2.55. The van der Waals surface area contributed by atoms with Crippen LogP contribution < -0.4 is 9.47 Å². The highest BCUT2D eigenvalue weighted by molar-refractivity contribution is 5.93. The van der Waals surface area contributed by atoms with Crippen molar-refractivity contribution in [1.82, 2.24) is 0 Å². The van der Waals surface area contributed by atoms with Gasteiger partial charge >= 0.3 is 11.9 Å². The van der Waals surface area contributed by atoms with Crippen molar-refractivity contribution in [3.63, 3.8) is 0 Å². The maximum Gasteiger partial charge on any atom is 0.343 e. The summed E-state index contributed by atoms with van der Waals surface area (Å²) in [7, 11) is 0. The van der Waals surface area contributed by atoms with Crippen LogP contribution in [0.15, 0.2) is 61.2 Å². The van der Waals surface area contributed by atoms with Crippen molar-refractivity contribution in [3.8, 4) is 23.0 Å². The Balaban J connectivity index is 1.92. The van der Waals surface area contributed by atoms with Crippen molar-refractivity contribution in [2.75, 3.05) is 0 Å². The van der Waals surface area contributed by atoms with E-state index in [-0.39, 0.29) is 16.7 Å². The van der Waals surface area contributed by atoms with E-state index in [2.05, 4.69) is 6.58 Å². The van der Waals surface area contributed by atoms with Crippen molar-refractivity contribution in [3.05, 3.63) is 89.5 Å². The topological polar surface area (TPSA) is 93.1 Å². The van der Waals surface area contributed by atoms with E-state index in [9.17, 15) is 28.6 Å². The number of benzene rings is 3. The molecule has 0 atom stereocenters. The Hall–Kier alpha value is -4.20. The molecular formula is C22H14F2O6. The molecule has 0 radical (unpaired) electrons. The Morgan fingerprint density at radius 3 is 1.90 bits per heavy atom. The minimum absolute atomic E-state index is 0.129. The molecule has 0 saturated heterocycles. The number of carbonyl (C=O) groups excluding carboxylic acids is 2. The van der Waals surface area contributed by atoms with Crippen LogP contribution in [0.5, 0.6) is 23.0 Å². The fraction of sp³-hybridized carbons (Fsp3) is 0. The van der Waals surface area contributed by atoms with Gasteiger partial charge < -0.3 is 19.7 Å². The molecule has 3 aromatic rings. The van der Waals surface area contributed by atoms with Crippen LogP contribution in [-0.4, -0.2) is 22.2 Å². The summed E-state index contributed by atoms with van der Waals surface area (Å²) in [5.74, 6) is -5.59.